The predicted octanol–water partition coefficient (Wildman–Crippen LogP) is 15.0. The smallest absolute Gasteiger partial charge is 0.0715 e. The number of fused-ring (bicyclic) bond motifs is 16. The summed E-state index contributed by atoms with van der Waals surface area (Å²) in [5, 5.41) is 13.3. The summed E-state index contributed by atoms with van der Waals surface area (Å²) in [6.45, 7) is 0. The predicted molar refractivity (Wildman–Crippen MR) is 226 cm³/mol. The van der Waals surface area contributed by atoms with Crippen molar-refractivity contribution in [3.05, 3.63) is 152 Å². The van der Waals surface area contributed by atoms with E-state index in [1.807, 2.05) is 34.0 Å². The minimum atomic E-state index is 1.02. The van der Waals surface area contributed by atoms with Crippen LogP contribution in [-0.4, -0.2) is 4.98 Å². The monoisotopic (exact) mass is 699 g/mol. The molecule has 51 heavy (non-hydrogen) atoms. The molecule has 4 heteroatoms. The van der Waals surface area contributed by atoms with Gasteiger partial charge in [0, 0.05) is 87.6 Å². The lowest BCUT2D eigenvalue weighted by Crippen LogP contribution is -1.89. The SMILES string of the molecule is c1cc(-c2c3ccccc3nc3ccccc23)cc(-c2cccc3c2sc2c4ccc5sc6ccccc6c5c4c4c5ccccc5sc4c32)c1. The van der Waals surface area contributed by atoms with Gasteiger partial charge in [0.1, 0.15) is 0 Å². The molecule has 0 radical (unpaired) electrons. The summed E-state index contributed by atoms with van der Waals surface area (Å²) in [5.74, 6) is 0. The fourth-order valence-electron chi connectivity index (χ4n) is 8.49. The first-order valence-electron chi connectivity index (χ1n) is 17.2. The van der Waals surface area contributed by atoms with Gasteiger partial charge in [0.25, 0.3) is 0 Å². The number of thiophene rings is 3. The van der Waals surface area contributed by atoms with Crippen LogP contribution in [0.3, 0.4) is 0 Å². The van der Waals surface area contributed by atoms with Gasteiger partial charge in [-0.1, -0.05) is 115 Å². The Kier molecular flexibility index (Phi) is 5.75. The highest BCUT2D eigenvalue weighted by Gasteiger charge is 2.22. The van der Waals surface area contributed by atoms with Crippen LogP contribution in [0.4, 0.5) is 0 Å². The molecule has 0 bridgehead atoms. The second kappa shape index (κ2) is 10.4. The highest BCUT2D eigenvalue weighted by atomic mass is 32.1. The number of rotatable bonds is 2. The third-order valence-electron chi connectivity index (χ3n) is 10.6. The van der Waals surface area contributed by atoms with Crippen LogP contribution >= 0.6 is 34.0 Å². The number of aromatic nitrogens is 1. The molecule has 0 saturated carbocycles. The minimum absolute atomic E-state index is 1.02. The molecular formula is C47H25NS3. The Hall–Kier alpha value is -5.65. The maximum atomic E-state index is 5.01. The minimum Gasteiger partial charge on any atom is -0.248 e. The molecule has 4 aromatic heterocycles. The molecule has 0 aliphatic carbocycles. The number of nitrogens with zero attached hydrogens (tertiary/aromatic N) is 1. The number of pyridine rings is 1. The van der Waals surface area contributed by atoms with Gasteiger partial charge in [0.2, 0.25) is 0 Å². The van der Waals surface area contributed by atoms with Gasteiger partial charge >= 0.3 is 0 Å². The molecule has 0 fully saturated rings. The lowest BCUT2D eigenvalue weighted by molar-refractivity contribution is 1.49. The van der Waals surface area contributed by atoms with Crippen molar-refractivity contribution in [3.8, 4) is 22.3 Å². The fourth-order valence-corrected chi connectivity index (χ4v) is 12.3. The van der Waals surface area contributed by atoms with Crippen LogP contribution in [0.15, 0.2) is 152 Å². The highest BCUT2D eigenvalue weighted by molar-refractivity contribution is 7.31. The van der Waals surface area contributed by atoms with E-state index in [1.165, 1.54) is 104 Å². The van der Waals surface area contributed by atoms with Crippen LogP contribution in [0.5, 0.6) is 0 Å². The van der Waals surface area contributed by atoms with Gasteiger partial charge < -0.3 is 0 Å². The van der Waals surface area contributed by atoms with Gasteiger partial charge in [0.15, 0.2) is 0 Å². The first kappa shape index (κ1) is 28.1. The van der Waals surface area contributed by atoms with E-state index in [4.69, 9.17) is 4.98 Å². The van der Waals surface area contributed by atoms with Gasteiger partial charge in [0.05, 0.1) is 11.0 Å². The lowest BCUT2D eigenvalue weighted by atomic mass is 9.93. The molecule has 0 aliphatic heterocycles. The maximum absolute atomic E-state index is 5.01. The van der Waals surface area contributed by atoms with E-state index in [0.29, 0.717) is 0 Å². The highest BCUT2D eigenvalue weighted by Crippen LogP contribution is 2.53. The van der Waals surface area contributed by atoms with Crippen molar-refractivity contribution >= 4 is 127 Å². The molecule has 0 amide bonds. The maximum Gasteiger partial charge on any atom is 0.0715 e. The Labute approximate surface area is 304 Å². The molecule has 8 aromatic carbocycles. The molecule has 12 aromatic rings. The molecule has 0 atom stereocenters. The Morgan fingerprint density at radius 2 is 0.941 bits per heavy atom. The van der Waals surface area contributed by atoms with Crippen molar-refractivity contribution in [3.63, 3.8) is 0 Å². The van der Waals surface area contributed by atoms with Gasteiger partial charge in [-0.25, -0.2) is 4.98 Å². The zero-order valence-corrected chi connectivity index (χ0v) is 29.6. The van der Waals surface area contributed by atoms with Crippen molar-refractivity contribution in [2.24, 2.45) is 0 Å². The Morgan fingerprint density at radius 1 is 0.333 bits per heavy atom. The van der Waals surface area contributed by atoms with Crippen LogP contribution in [0.25, 0.3) is 115 Å². The second-order valence-electron chi connectivity index (χ2n) is 13.4. The third kappa shape index (κ3) is 3.87. The van der Waals surface area contributed by atoms with Crippen molar-refractivity contribution in [1.82, 2.24) is 4.98 Å². The first-order chi connectivity index (χ1) is 25.3. The summed E-state index contributed by atoms with van der Waals surface area (Å²) in [7, 11) is 0. The Morgan fingerprint density at radius 3 is 1.73 bits per heavy atom. The molecule has 0 N–H and O–H groups in total. The van der Waals surface area contributed by atoms with Crippen LogP contribution in [0.2, 0.25) is 0 Å². The second-order valence-corrected chi connectivity index (χ2v) is 16.5. The van der Waals surface area contributed by atoms with Crippen LogP contribution < -0.4 is 0 Å². The third-order valence-corrected chi connectivity index (χ3v) is 14.2. The summed E-state index contributed by atoms with van der Waals surface area (Å²) in [6, 6.07) is 55.8. The van der Waals surface area contributed by atoms with E-state index in [2.05, 4.69) is 152 Å². The van der Waals surface area contributed by atoms with Crippen LogP contribution in [0, 0.1) is 0 Å². The summed E-state index contributed by atoms with van der Waals surface area (Å²) in [5.41, 5.74) is 7.02. The van der Waals surface area contributed by atoms with Crippen molar-refractivity contribution in [2.75, 3.05) is 0 Å². The fraction of sp³-hybridized carbons (Fsp3) is 0. The molecule has 236 valence electrons. The zero-order chi connectivity index (χ0) is 33.2. The molecule has 0 unspecified atom stereocenters. The molecule has 0 aliphatic rings. The number of para-hydroxylation sites is 2. The van der Waals surface area contributed by atoms with E-state index in [9.17, 15) is 0 Å². The van der Waals surface area contributed by atoms with E-state index in [-0.39, 0.29) is 0 Å². The van der Waals surface area contributed by atoms with Crippen molar-refractivity contribution in [2.45, 2.75) is 0 Å². The molecular weight excluding hydrogens is 675 g/mol. The number of benzene rings is 8. The van der Waals surface area contributed by atoms with Crippen molar-refractivity contribution < 1.29 is 0 Å². The summed E-state index contributed by atoms with van der Waals surface area (Å²) < 4.78 is 8.17. The summed E-state index contributed by atoms with van der Waals surface area (Å²) in [6.07, 6.45) is 0. The van der Waals surface area contributed by atoms with E-state index in [0.717, 1.165) is 11.0 Å². The Bertz CT molecular complexity index is 3380. The standard InChI is InChI=1S/C47H25NS3/c1-5-19-35-29(13-1)40(30-14-2-6-20-36(30)48-35)27-12-9-11-26(25-27)28-17-10-18-33-44-46(51-45(28)33)34-23-24-39-41(31-15-3-7-21-37(31)49-39)42(34)43-32-16-4-8-22-38(32)50-47(43)44/h1-25H. The van der Waals surface area contributed by atoms with E-state index in [1.54, 1.807) is 0 Å². The van der Waals surface area contributed by atoms with Crippen molar-refractivity contribution in [1.29, 1.82) is 0 Å². The average Bonchev–Trinajstić information content (AvgIpc) is 3.88. The van der Waals surface area contributed by atoms with Crippen LogP contribution in [0.1, 0.15) is 0 Å². The molecule has 1 nitrogen and oxygen atoms in total. The lowest BCUT2D eigenvalue weighted by Gasteiger charge is -2.13. The molecule has 12 rings (SSSR count). The quantitative estimate of drug-likeness (QED) is 0.164. The van der Waals surface area contributed by atoms with E-state index < -0.39 is 0 Å². The van der Waals surface area contributed by atoms with Gasteiger partial charge in [-0.15, -0.1) is 34.0 Å². The van der Waals surface area contributed by atoms with Gasteiger partial charge in [-0.2, -0.15) is 0 Å². The molecule has 4 heterocycles. The normalized spacial score (nSPS) is 12.3. The Balaban J connectivity index is 1.19. The largest absolute Gasteiger partial charge is 0.248 e. The average molecular weight is 700 g/mol. The number of hydrogen-bond acceptors (Lipinski definition) is 4. The van der Waals surface area contributed by atoms with Gasteiger partial charge in [-0.05, 0) is 53.1 Å². The van der Waals surface area contributed by atoms with E-state index >= 15 is 0 Å². The topological polar surface area (TPSA) is 12.9 Å². The zero-order valence-electron chi connectivity index (χ0n) is 27.1. The molecule has 0 spiro atoms. The number of hydrogen-bond donors (Lipinski definition) is 0. The molecule has 0 saturated heterocycles. The first-order valence-corrected chi connectivity index (χ1v) is 19.7. The van der Waals surface area contributed by atoms with Crippen LogP contribution in [-0.2, 0) is 0 Å². The van der Waals surface area contributed by atoms with Gasteiger partial charge in [-0.3, -0.25) is 0 Å². The summed E-state index contributed by atoms with van der Waals surface area (Å²) in [4.78, 5) is 5.01. The summed E-state index contributed by atoms with van der Waals surface area (Å²) >= 11 is 5.82.